The van der Waals surface area contributed by atoms with Crippen LogP contribution in [0.25, 0.3) is 0 Å². The summed E-state index contributed by atoms with van der Waals surface area (Å²) < 4.78 is 0. The molecule has 0 saturated carbocycles. The van der Waals surface area contributed by atoms with Gasteiger partial charge < -0.3 is 0 Å². The summed E-state index contributed by atoms with van der Waals surface area (Å²) in [6, 6.07) is 0. The van der Waals surface area contributed by atoms with Gasteiger partial charge in [-0.2, -0.15) is 0 Å². The van der Waals surface area contributed by atoms with Crippen molar-refractivity contribution in [1.29, 1.82) is 0 Å². The minimum absolute atomic E-state index is 0. The van der Waals surface area contributed by atoms with E-state index < -0.39 is 0 Å². The molecule has 15 heavy (non-hydrogen) atoms. The Kier molecular flexibility index (Phi) is 11.3. The molecule has 0 atom stereocenters. The summed E-state index contributed by atoms with van der Waals surface area (Å²) in [4.78, 5) is 0. The fourth-order valence-electron chi connectivity index (χ4n) is 2.44. The molecular formula is C11H27CrP3. The monoisotopic (exact) mass is 304 g/mol. The molecule has 0 aromatic carbocycles. The summed E-state index contributed by atoms with van der Waals surface area (Å²) in [5.41, 5.74) is 0.652. The Balaban J connectivity index is 0. The fraction of sp³-hybridized carbons (Fsp3) is 1.00. The minimum Gasteiger partial charge on any atom is -0.113 e. The van der Waals surface area contributed by atoms with Gasteiger partial charge >= 0.3 is 0 Å². The van der Waals surface area contributed by atoms with Crippen molar-refractivity contribution in [1.82, 2.24) is 0 Å². The Morgan fingerprint density at radius 2 is 0.867 bits per heavy atom. The maximum Gasteiger partial charge on any atom is 0 e. The van der Waals surface area contributed by atoms with Crippen LogP contribution < -0.4 is 0 Å². The van der Waals surface area contributed by atoms with Crippen molar-refractivity contribution in [3.05, 3.63) is 0 Å². The molecule has 0 fully saturated rings. The van der Waals surface area contributed by atoms with Crippen molar-refractivity contribution in [3.63, 3.8) is 0 Å². The van der Waals surface area contributed by atoms with Crippen molar-refractivity contribution in [2.24, 2.45) is 5.41 Å². The number of rotatable bonds is 6. The predicted octanol–water partition coefficient (Wildman–Crippen LogP) is 4.21. The molecule has 0 heterocycles. The van der Waals surface area contributed by atoms with Crippen LogP contribution in [0.5, 0.6) is 0 Å². The molecule has 0 spiro atoms. The van der Waals surface area contributed by atoms with Crippen LogP contribution >= 0.6 is 23.8 Å². The standard InChI is InChI=1S/C11H27P3.Cr/c1-11(8-12(2)3,9-13(4)5)10-14(6)7;/h8-10H2,1-7H3;. The van der Waals surface area contributed by atoms with Crippen LogP contribution in [-0.2, 0) is 17.4 Å². The summed E-state index contributed by atoms with van der Waals surface area (Å²) in [5, 5.41) is 0. The van der Waals surface area contributed by atoms with Gasteiger partial charge in [0.2, 0.25) is 0 Å². The maximum absolute atomic E-state index is 2.53. The van der Waals surface area contributed by atoms with E-state index in [1.54, 1.807) is 0 Å². The van der Waals surface area contributed by atoms with Gasteiger partial charge in [-0.15, -0.1) is 23.8 Å². The van der Waals surface area contributed by atoms with Crippen LogP contribution in [0.1, 0.15) is 6.92 Å². The molecule has 0 saturated heterocycles. The second kappa shape index (κ2) is 8.85. The molecule has 92 valence electrons. The Morgan fingerprint density at radius 1 is 0.667 bits per heavy atom. The third-order valence-electron chi connectivity index (χ3n) is 2.09. The van der Waals surface area contributed by atoms with Gasteiger partial charge in [0, 0.05) is 17.4 Å². The molecule has 0 aliphatic heterocycles. The van der Waals surface area contributed by atoms with E-state index in [1.807, 2.05) is 0 Å². The number of hydrogen-bond acceptors (Lipinski definition) is 0. The van der Waals surface area contributed by atoms with Gasteiger partial charge in [0.1, 0.15) is 0 Å². The average molecular weight is 304 g/mol. The zero-order valence-electron chi connectivity index (χ0n) is 11.4. The Morgan fingerprint density at radius 3 is 1.00 bits per heavy atom. The van der Waals surface area contributed by atoms with Crippen molar-refractivity contribution in [3.8, 4) is 0 Å². The molecule has 0 aliphatic rings. The van der Waals surface area contributed by atoms with Crippen LogP contribution in [0, 0.1) is 5.41 Å². The van der Waals surface area contributed by atoms with Gasteiger partial charge in [-0.3, -0.25) is 0 Å². The molecule has 0 unspecified atom stereocenters. The van der Waals surface area contributed by atoms with Crippen LogP contribution in [0.4, 0.5) is 0 Å². The van der Waals surface area contributed by atoms with Crippen molar-refractivity contribution in [2.45, 2.75) is 6.92 Å². The van der Waals surface area contributed by atoms with Crippen LogP contribution in [0.2, 0.25) is 0 Å². The van der Waals surface area contributed by atoms with E-state index in [1.165, 1.54) is 18.5 Å². The molecule has 0 aromatic rings. The molecule has 0 aliphatic carbocycles. The average Bonchev–Trinajstić information content (AvgIpc) is 1.76. The van der Waals surface area contributed by atoms with E-state index in [4.69, 9.17) is 0 Å². The third-order valence-corrected chi connectivity index (χ3v) is 6.28. The predicted molar refractivity (Wildman–Crippen MR) is 79.0 cm³/mol. The second-order valence-corrected chi connectivity index (χ2v) is 13.0. The maximum atomic E-state index is 2.53. The molecule has 0 aromatic heterocycles. The fourth-order valence-corrected chi connectivity index (χ4v) is 8.22. The summed E-state index contributed by atoms with van der Waals surface area (Å²) in [5.74, 6) is 0. The van der Waals surface area contributed by atoms with Gasteiger partial charge in [0.15, 0.2) is 0 Å². The van der Waals surface area contributed by atoms with Crippen molar-refractivity contribution >= 4 is 23.8 Å². The molecular weight excluding hydrogens is 277 g/mol. The first-order chi connectivity index (χ1) is 6.25. The normalized spacial score (nSPS) is 12.4. The van der Waals surface area contributed by atoms with Crippen molar-refractivity contribution < 1.29 is 17.4 Å². The smallest absolute Gasteiger partial charge is 0 e. The molecule has 4 heteroatoms. The van der Waals surface area contributed by atoms with Gasteiger partial charge in [-0.25, -0.2) is 0 Å². The van der Waals surface area contributed by atoms with Crippen LogP contribution in [-0.4, -0.2) is 58.5 Å². The third kappa shape index (κ3) is 10.7. The molecule has 0 N–H and O–H groups in total. The Hall–Kier alpha value is 1.82. The van der Waals surface area contributed by atoms with Crippen LogP contribution in [0.15, 0.2) is 0 Å². The van der Waals surface area contributed by atoms with Gasteiger partial charge in [0.25, 0.3) is 0 Å². The van der Waals surface area contributed by atoms with E-state index in [0.29, 0.717) is 5.41 Å². The first-order valence-corrected chi connectivity index (χ1v) is 12.5. The second-order valence-electron chi connectivity index (χ2n) is 5.52. The topological polar surface area (TPSA) is 0 Å². The van der Waals surface area contributed by atoms with Crippen molar-refractivity contribution in [2.75, 3.05) is 58.5 Å². The zero-order valence-corrected chi connectivity index (χ0v) is 15.3. The molecule has 0 rings (SSSR count). The first-order valence-electron chi connectivity index (χ1n) is 5.19. The largest absolute Gasteiger partial charge is 0.113 e. The van der Waals surface area contributed by atoms with E-state index in [2.05, 4.69) is 46.9 Å². The Labute approximate surface area is 112 Å². The summed E-state index contributed by atoms with van der Waals surface area (Å²) in [6.45, 7) is 17.1. The van der Waals surface area contributed by atoms with E-state index >= 15 is 0 Å². The molecule has 0 bridgehead atoms. The molecule has 0 radical (unpaired) electrons. The Bertz CT molecular complexity index is 131. The quantitative estimate of drug-likeness (QED) is 0.645. The first kappa shape index (κ1) is 19.2. The van der Waals surface area contributed by atoms with Crippen LogP contribution in [0.3, 0.4) is 0 Å². The SMILES string of the molecule is CP(C)CC(C)(CP(C)C)CP(C)C.[Cr]. The van der Waals surface area contributed by atoms with E-state index in [-0.39, 0.29) is 41.1 Å². The van der Waals surface area contributed by atoms with Gasteiger partial charge in [-0.05, 0) is 63.9 Å². The molecule has 0 nitrogen and oxygen atoms in total. The van der Waals surface area contributed by atoms with E-state index in [0.717, 1.165) is 0 Å². The van der Waals surface area contributed by atoms with E-state index in [9.17, 15) is 0 Å². The molecule has 0 amide bonds. The minimum atomic E-state index is 0. The van der Waals surface area contributed by atoms with Gasteiger partial charge in [0.05, 0.1) is 0 Å². The zero-order chi connectivity index (χ0) is 11.4. The van der Waals surface area contributed by atoms with Gasteiger partial charge in [-0.1, -0.05) is 6.92 Å². The number of hydrogen-bond donors (Lipinski definition) is 0. The summed E-state index contributed by atoms with van der Waals surface area (Å²) in [7, 11) is 0.813. The summed E-state index contributed by atoms with van der Waals surface area (Å²) in [6.07, 6.45) is 4.43. The summed E-state index contributed by atoms with van der Waals surface area (Å²) >= 11 is 0.